The lowest BCUT2D eigenvalue weighted by Gasteiger charge is -2.46. The number of benzene rings is 4. The number of primary amides is 1. The third kappa shape index (κ3) is 7.98. The van der Waals surface area contributed by atoms with E-state index in [-0.39, 0.29) is 49.7 Å². The normalized spacial score (nSPS) is 22.4. The maximum atomic E-state index is 15.9. The maximum absolute atomic E-state index is 15.9. The van der Waals surface area contributed by atoms with Gasteiger partial charge >= 0.3 is 24.0 Å². The van der Waals surface area contributed by atoms with Crippen molar-refractivity contribution in [1.82, 2.24) is 4.90 Å². The average molecular weight is 860 g/mol. The number of aliphatic hydroxyl groups excluding tert-OH is 1. The molecule has 3 N–H and O–H groups in total. The lowest BCUT2D eigenvalue weighted by atomic mass is 9.65. The zero-order valence-corrected chi connectivity index (χ0v) is 34.6. The van der Waals surface area contributed by atoms with E-state index in [4.69, 9.17) is 34.2 Å². The number of ether oxygens (including phenoxy) is 6. The number of aliphatic hydroxyl groups is 1. The molecule has 6 atom stereocenters. The monoisotopic (exact) mass is 859 g/mol. The molecule has 3 aliphatic rings. The Kier molecular flexibility index (Phi) is 13.2. The summed E-state index contributed by atoms with van der Waals surface area (Å²) in [4.78, 5) is 86.8. The minimum atomic E-state index is -2.14. The van der Waals surface area contributed by atoms with Gasteiger partial charge in [0.25, 0.3) is 0 Å². The molecule has 2 saturated heterocycles. The molecule has 6 unspecified atom stereocenters. The number of cyclic esters (lactones) is 1. The summed E-state index contributed by atoms with van der Waals surface area (Å²) in [6.45, 7) is -0.456. The fourth-order valence-electron chi connectivity index (χ4n) is 8.98. The molecule has 63 heavy (non-hydrogen) atoms. The van der Waals surface area contributed by atoms with Crippen LogP contribution < -0.4 is 15.4 Å². The molecule has 7 rings (SSSR count). The highest BCUT2D eigenvalue weighted by atomic mass is 16.6. The first-order valence-electron chi connectivity index (χ1n) is 20.0. The van der Waals surface area contributed by atoms with Gasteiger partial charge in [0, 0.05) is 19.1 Å². The van der Waals surface area contributed by atoms with E-state index in [0.29, 0.717) is 22.4 Å². The van der Waals surface area contributed by atoms with E-state index in [1.165, 1.54) is 25.3 Å². The van der Waals surface area contributed by atoms with E-state index < -0.39 is 77.3 Å². The van der Waals surface area contributed by atoms with Crippen LogP contribution >= 0.6 is 0 Å². The quantitative estimate of drug-likeness (QED) is 0.0646. The van der Waals surface area contributed by atoms with Gasteiger partial charge in [0.2, 0.25) is 11.8 Å². The molecular weight excluding hydrogens is 815 g/mol. The minimum absolute atomic E-state index is 0.00115. The smallest absolute Gasteiger partial charge is 0.421 e. The summed E-state index contributed by atoms with van der Waals surface area (Å²) in [5.41, 5.74) is 6.45. The summed E-state index contributed by atoms with van der Waals surface area (Å²) in [5, 5.41) is 9.46. The molecule has 326 valence electrons. The summed E-state index contributed by atoms with van der Waals surface area (Å²) in [7, 11) is 3.68. The molecule has 16 nitrogen and oxygen atoms in total. The molecule has 0 aromatic heterocycles. The predicted molar refractivity (Wildman–Crippen MR) is 222 cm³/mol. The average Bonchev–Trinajstić information content (AvgIpc) is 3.76. The largest absolute Gasteiger partial charge is 0.491 e. The Morgan fingerprint density at radius 1 is 0.810 bits per heavy atom. The molecule has 3 heterocycles. The second kappa shape index (κ2) is 18.9. The van der Waals surface area contributed by atoms with E-state index >= 15 is 4.79 Å². The Bertz CT molecular complexity index is 2420. The van der Waals surface area contributed by atoms with Crippen LogP contribution in [0.1, 0.15) is 52.4 Å². The topological polar surface area (TPSA) is 211 Å². The fourth-order valence-corrected chi connectivity index (χ4v) is 8.98. The Morgan fingerprint density at radius 3 is 2.06 bits per heavy atom. The maximum Gasteiger partial charge on any atom is 0.421 e. The Hall–Kier alpha value is -7.06. The standard InChI is InChI=1S/C47H45N3O13/c1-58-25-26-62-46(57)49-35-22-17-28(11-10-16-33(42(53)59-2)43(54)60-3)27-34(35)47(45(49)56)36(41(48)52)38-44(55)63-39(30-14-8-5-9-15-30)37(29-12-6-4-7-13-29)50(38)40(47)31-18-20-32(21-19-31)61-24-23-51/h4-9,12-15,17-22,27,33,36-40,51H,16,23-26H2,1-3H3,(H2,48,52). The number of imide groups is 1. The number of carbonyl (C=O) groups excluding carboxylic acids is 6. The van der Waals surface area contributed by atoms with Crippen molar-refractivity contribution in [3.05, 3.63) is 131 Å². The third-order valence-corrected chi connectivity index (χ3v) is 11.5. The highest BCUT2D eigenvalue weighted by Gasteiger charge is 2.75. The highest BCUT2D eigenvalue weighted by molar-refractivity contribution is 6.23. The van der Waals surface area contributed by atoms with Gasteiger partial charge in [0.05, 0.1) is 51.1 Å². The summed E-state index contributed by atoms with van der Waals surface area (Å²) < 4.78 is 32.2. The van der Waals surface area contributed by atoms with Crippen LogP contribution in [0.3, 0.4) is 0 Å². The lowest BCUT2D eigenvalue weighted by Crippen LogP contribution is -2.55. The van der Waals surface area contributed by atoms with Crippen molar-refractivity contribution in [2.45, 2.75) is 36.1 Å². The molecule has 0 radical (unpaired) electrons. The summed E-state index contributed by atoms with van der Waals surface area (Å²) in [6.07, 6.45) is -2.33. The van der Waals surface area contributed by atoms with Crippen molar-refractivity contribution in [2.75, 3.05) is 52.7 Å². The van der Waals surface area contributed by atoms with E-state index in [1.54, 1.807) is 29.2 Å². The first-order chi connectivity index (χ1) is 30.5. The van der Waals surface area contributed by atoms with Crippen LogP contribution in [0, 0.1) is 23.7 Å². The Morgan fingerprint density at radius 2 is 1.46 bits per heavy atom. The Balaban J connectivity index is 1.51. The van der Waals surface area contributed by atoms with Crippen LogP contribution in [0.5, 0.6) is 5.75 Å². The number of carbonyl (C=O) groups is 6. The number of rotatable bonds is 13. The first-order valence-corrected chi connectivity index (χ1v) is 20.0. The number of hydrogen-bond acceptors (Lipinski definition) is 14. The first kappa shape index (κ1) is 44.0. The lowest BCUT2D eigenvalue weighted by molar-refractivity contribution is -0.178. The SMILES string of the molecule is COCCOC(=O)N1C(=O)C2(c3cc(C#CCC(C(=O)OC)C(=O)OC)ccc31)C(C(N)=O)C1C(=O)OC(c3ccccc3)C(c3ccccc3)N1C2c1ccc(OCCO)cc1. The molecule has 4 aromatic rings. The molecule has 4 aromatic carbocycles. The van der Waals surface area contributed by atoms with E-state index in [1.807, 2.05) is 60.7 Å². The number of nitrogens with zero attached hydrogens (tertiary/aromatic N) is 2. The zero-order valence-electron chi connectivity index (χ0n) is 34.6. The molecule has 2 fully saturated rings. The van der Waals surface area contributed by atoms with Gasteiger partial charge in [-0.05, 0) is 52.6 Å². The number of morpholine rings is 1. The summed E-state index contributed by atoms with van der Waals surface area (Å²) in [6, 6.07) is 25.9. The van der Waals surface area contributed by atoms with Crippen LogP contribution in [0.4, 0.5) is 10.5 Å². The van der Waals surface area contributed by atoms with E-state index in [0.717, 1.165) is 19.1 Å². The number of anilines is 1. The molecule has 3 aliphatic heterocycles. The van der Waals surface area contributed by atoms with Crippen LogP contribution in [0.25, 0.3) is 0 Å². The molecule has 1 spiro atoms. The van der Waals surface area contributed by atoms with Crippen molar-refractivity contribution in [2.24, 2.45) is 17.6 Å². The van der Waals surface area contributed by atoms with Crippen molar-refractivity contribution >= 4 is 41.5 Å². The van der Waals surface area contributed by atoms with Crippen molar-refractivity contribution < 1.29 is 62.3 Å². The molecule has 3 amide bonds. The summed E-state index contributed by atoms with van der Waals surface area (Å²) in [5.74, 6) is -1.33. The molecule has 16 heteroatoms. The number of esters is 3. The third-order valence-electron chi connectivity index (χ3n) is 11.5. The van der Waals surface area contributed by atoms with Gasteiger partial charge in [-0.3, -0.25) is 28.9 Å². The van der Waals surface area contributed by atoms with Gasteiger partial charge in [-0.2, -0.15) is 0 Å². The van der Waals surface area contributed by atoms with Crippen LogP contribution in [-0.4, -0.2) is 99.6 Å². The van der Waals surface area contributed by atoms with E-state index in [9.17, 15) is 29.1 Å². The van der Waals surface area contributed by atoms with Gasteiger partial charge in [0.1, 0.15) is 36.5 Å². The minimum Gasteiger partial charge on any atom is -0.491 e. The molecule has 0 saturated carbocycles. The fraction of sp³-hybridized carbons (Fsp3) is 0.319. The summed E-state index contributed by atoms with van der Waals surface area (Å²) >= 11 is 0. The number of hydrogen-bond donors (Lipinski definition) is 2. The van der Waals surface area contributed by atoms with Crippen molar-refractivity contribution in [1.29, 1.82) is 0 Å². The Labute approximate surface area is 362 Å². The van der Waals surface area contributed by atoms with Gasteiger partial charge < -0.3 is 39.3 Å². The molecule has 0 bridgehead atoms. The zero-order chi connectivity index (χ0) is 44.8. The predicted octanol–water partition coefficient (Wildman–Crippen LogP) is 3.70. The number of fused-ring (bicyclic) bond motifs is 3. The highest BCUT2D eigenvalue weighted by Crippen LogP contribution is 2.65. The van der Waals surface area contributed by atoms with Crippen molar-refractivity contribution in [3.63, 3.8) is 0 Å². The van der Waals surface area contributed by atoms with Crippen LogP contribution in [0.15, 0.2) is 103 Å². The number of nitrogens with two attached hydrogens (primary N) is 1. The van der Waals surface area contributed by atoms with E-state index in [2.05, 4.69) is 11.8 Å². The second-order valence-electron chi connectivity index (χ2n) is 14.9. The number of amides is 3. The van der Waals surface area contributed by atoms with Gasteiger partial charge in [0.15, 0.2) is 5.92 Å². The molecular formula is C47H45N3O13. The second-order valence-corrected chi connectivity index (χ2v) is 14.9. The number of methoxy groups -OCH3 is 3. The van der Waals surface area contributed by atoms with Crippen LogP contribution in [0.2, 0.25) is 0 Å². The molecule has 0 aliphatic carbocycles. The van der Waals surface area contributed by atoms with Crippen LogP contribution in [-0.2, 0) is 53.1 Å². The van der Waals surface area contributed by atoms with Gasteiger partial charge in [-0.25, -0.2) is 9.69 Å². The van der Waals surface area contributed by atoms with Gasteiger partial charge in [-0.1, -0.05) is 84.6 Å². The van der Waals surface area contributed by atoms with Crippen molar-refractivity contribution in [3.8, 4) is 17.6 Å². The van der Waals surface area contributed by atoms with Gasteiger partial charge in [-0.15, -0.1) is 0 Å².